The van der Waals surface area contributed by atoms with E-state index < -0.39 is 0 Å². The minimum Gasteiger partial charge on any atom is -0.357 e. The van der Waals surface area contributed by atoms with Gasteiger partial charge >= 0.3 is 0 Å². The number of aryl methyl sites for hydroxylation is 4. The van der Waals surface area contributed by atoms with Crippen molar-refractivity contribution in [3.63, 3.8) is 0 Å². The summed E-state index contributed by atoms with van der Waals surface area (Å²) in [6, 6.07) is 4.44. The first-order valence-electron chi connectivity index (χ1n) is 9.00. The van der Waals surface area contributed by atoms with Crippen molar-refractivity contribution in [3.05, 3.63) is 46.5 Å². The molecule has 136 valence electrons. The average Bonchev–Trinajstić information content (AvgIpc) is 3.01. The normalized spacial score (nSPS) is 11.6. The van der Waals surface area contributed by atoms with Crippen molar-refractivity contribution in [1.29, 1.82) is 0 Å². The molecule has 0 bridgehead atoms. The Morgan fingerprint density at radius 1 is 1.12 bits per heavy atom. The Bertz CT molecular complexity index is 693. The van der Waals surface area contributed by atoms with E-state index in [0.717, 1.165) is 37.8 Å². The number of nitrogens with one attached hydrogen (secondary N) is 2. The molecule has 6 heteroatoms. The topological polar surface area (TPSA) is 67.1 Å². The zero-order chi connectivity index (χ0) is 18.2. The summed E-state index contributed by atoms with van der Waals surface area (Å²) < 4.78 is 2.07. The molecule has 6 nitrogen and oxygen atoms in total. The Labute approximate surface area is 150 Å². The molecule has 0 saturated carbocycles. The summed E-state index contributed by atoms with van der Waals surface area (Å²) in [5, 5.41) is 14.8. The van der Waals surface area contributed by atoms with Crippen LogP contribution in [-0.4, -0.2) is 33.8 Å². The Morgan fingerprint density at radius 3 is 2.48 bits per heavy atom. The van der Waals surface area contributed by atoms with E-state index in [2.05, 4.69) is 72.1 Å². The van der Waals surface area contributed by atoms with Gasteiger partial charge in [0, 0.05) is 26.1 Å². The summed E-state index contributed by atoms with van der Waals surface area (Å²) in [5.74, 6) is 1.85. The Kier molecular flexibility index (Phi) is 6.98. The van der Waals surface area contributed by atoms with Crippen LogP contribution in [0.25, 0.3) is 0 Å². The smallest absolute Gasteiger partial charge is 0.191 e. The van der Waals surface area contributed by atoms with E-state index in [9.17, 15) is 0 Å². The van der Waals surface area contributed by atoms with Gasteiger partial charge in [-0.05, 0) is 44.4 Å². The maximum atomic E-state index is 4.75. The molecule has 2 aromatic rings. The maximum Gasteiger partial charge on any atom is 0.191 e. The largest absolute Gasteiger partial charge is 0.357 e. The van der Waals surface area contributed by atoms with Gasteiger partial charge < -0.3 is 15.2 Å². The zero-order valence-electron chi connectivity index (χ0n) is 16.1. The Balaban J connectivity index is 1.99. The predicted molar refractivity (Wildman–Crippen MR) is 103 cm³/mol. The molecule has 0 atom stereocenters. The van der Waals surface area contributed by atoms with Gasteiger partial charge in [-0.2, -0.15) is 0 Å². The van der Waals surface area contributed by atoms with Crippen LogP contribution in [0.2, 0.25) is 0 Å². The lowest BCUT2D eigenvalue weighted by Crippen LogP contribution is -2.39. The summed E-state index contributed by atoms with van der Waals surface area (Å²) in [7, 11) is 0. The molecule has 0 saturated heterocycles. The fourth-order valence-corrected chi connectivity index (χ4v) is 2.99. The molecule has 0 aliphatic carbocycles. The molecular weight excluding hydrogens is 312 g/mol. The van der Waals surface area contributed by atoms with E-state index in [1.54, 1.807) is 6.33 Å². The molecule has 0 spiro atoms. The third-order valence-corrected chi connectivity index (χ3v) is 4.24. The standard InChI is InChI=1S/C19H30N6/c1-6-18-24-23-13-25(18)9-8-21-19(20-7-2)22-12-17-15(4)10-14(3)11-16(17)5/h10-11,13H,6-9,12H2,1-5H3,(H2,20,21,22). The van der Waals surface area contributed by atoms with Gasteiger partial charge in [0.05, 0.1) is 6.54 Å². The number of nitrogens with zero attached hydrogens (tertiary/aromatic N) is 4. The van der Waals surface area contributed by atoms with Gasteiger partial charge in [0.1, 0.15) is 12.2 Å². The number of aromatic nitrogens is 3. The quantitative estimate of drug-likeness (QED) is 0.599. The average molecular weight is 342 g/mol. The molecule has 2 rings (SSSR count). The minimum atomic E-state index is 0.681. The molecule has 0 fully saturated rings. The van der Waals surface area contributed by atoms with Crippen molar-refractivity contribution in [3.8, 4) is 0 Å². The SMILES string of the molecule is CCNC(=NCc1c(C)cc(C)cc1C)NCCn1cnnc1CC. The highest BCUT2D eigenvalue weighted by atomic mass is 15.3. The molecule has 0 aliphatic heterocycles. The molecule has 0 amide bonds. The van der Waals surface area contributed by atoms with E-state index in [-0.39, 0.29) is 0 Å². The van der Waals surface area contributed by atoms with Gasteiger partial charge in [-0.15, -0.1) is 10.2 Å². The first kappa shape index (κ1) is 19.0. The van der Waals surface area contributed by atoms with Crippen molar-refractivity contribution in [2.45, 2.75) is 54.1 Å². The summed E-state index contributed by atoms with van der Waals surface area (Å²) in [6.45, 7) is 13.7. The van der Waals surface area contributed by atoms with Gasteiger partial charge in [-0.3, -0.25) is 0 Å². The Morgan fingerprint density at radius 2 is 1.84 bits per heavy atom. The van der Waals surface area contributed by atoms with Gasteiger partial charge in [-0.1, -0.05) is 24.6 Å². The molecule has 1 aromatic heterocycles. The van der Waals surface area contributed by atoms with Crippen LogP contribution in [0.1, 0.15) is 41.9 Å². The van der Waals surface area contributed by atoms with E-state index in [1.165, 1.54) is 22.3 Å². The second kappa shape index (κ2) is 9.20. The fourth-order valence-electron chi connectivity index (χ4n) is 2.99. The van der Waals surface area contributed by atoms with Crippen molar-refractivity contribution >= 4 is 5.96 Å². The highest BCUT2D eigenvalue weighted by Gasteiger charge is 2.05. The first-order valence-corrected chi connectivity index (χ1v) is 9.00. The highest BCUT2D eigenvalue weighted by Crippen LogP contribution is 2.17. The molecule has 2 N–H and O–H groups in total. The second-order valence-corrected chi connectivity index (χ2v) is 6.29. The summed E-state index contributed by atoms with van der Waals surface area (Å²) in [5.41, 5.74) is 5.20. The Hall–Kier alpha value is -2.37. The van der Waals surface area contributed by atoms with Crippen molar-refractivity contribution in [1.82, 2.24) is 25.4 Å². The van der Waals surface area contributed by atoms with E-state index in [0.29, 0.717) is 6.54 Å². The first-order chi connectivity index (χ1) is 12.0. The van der Waals surface area contributed by atoms with Crippen LogP contribution in [0.3, 0.4) is 0 Å². The van der Waals surface area contributed by atoms with Crippen molar-refractivity contribution in [2.24, 2.45) is 4.99 Å². The van der Waals surface area contributed by atoms with Gasteiger partial charge in [0.15, 0.2) is 5.96 Å². The monoisotopic (exact) mass is 342 g/mol. The van der Waals surface area contributed by atoms with Gasteiger partial charge in [0.2, 0.25) is 0 Å². The zero-order valence-corrected chi connectivity index (χ0v) is 16.1. The van der Waals surface area contributed by atoms with Gasteiger partial charge in [0.25, 0.3) is 0 Å². The van der Waals surface area contributed by atoms with Crippen LogP contribution >= 0.6 is 0 Å². The fraction of sp³-hybridized carbons (Fsp3) is 0.526. The third-order valence-electron chi connectivity index (χ3n) is 4.24. The maximum absolute atomic E-state index is 4.75. The lowest BCUT2D eigenvalue weighted by atomic mass is 10.00. The molecule has 1 aromatic carbocycles. The summed E-state index contributed by atoms with van der Waals surface area (Å²) >= 11 is 0. The highest BCUT2D eigenvalue weighted by molar-refractivity contribution is 5.79. The number of benzene rings is 1. The lowest BCUT2D eigenvalue weighted by molar-refractivity contribution is 0.632. The van der Waals surface area contributed by atoms with E-state index in [4.69, 9.17) is 4.99 Å². The van der Waals surface area contributed by atoms with Crippen LogP contribution in [0.5, 0.6) is 0 Å². The van der Waals surface area contributed by atoms with Crippen LogP contribution < -0.4 is 10.6 Å². The molecule has 0 aliphatic rings. The van der Waals surface area contributed by atoms with Crippen LogP contribution in [0.15, 0.2) is 23.5 Å². The third kappa shape index (κ3) is 5.31. The molecule has 1 heterocycles. The van der Waals surface area contributed by atoms with Crippen LogP contribution in [0.4, 0.5) is 0 Å². The molecule has 0 unspecified atom stereocenters. The summed E-state index contributed by atoms with van der Waals surface area (Å²) in [4.78, 5) is 4.75. The van der Waals surface area contributed by atoms with E-state index >= 15 is 0 Å². The number of hydrogen-bond donors (Lipinski definition) is 2. The number of guanidine groups is 1. The predicted octanol–water partition coefficient (Wildman–Crippen LogP) is 2.52. The van der Waals surface area contributed by atoms with Gasteiger partial charge in [-0.25, -0.2) is 4.99 Å². The summed E-state index contributed by atoms with van der Waals surface area (Å²) in [6.07, 6.45) is 2.67. The minimum absolute atomic E-state index is 0.681. The molecular formula is C19H30N6. The lowest BCUT2D eigenvalue weighted by Gasteiger charge is -2.14. The second-order valence-electron chi connectivity index (χ2n) is 6.29. The van der Waals surface area contributed by atoms with Crippen molar-refractivity contribution < 1.29 is 0 Å². The van der Waals surface area contributed by atoms with E-state index in [1.807, 2.05) is 0 Å². The van der Waals surface area contributed by atoms with Crippen molar-refractivity contribution in [2.75, 3.05) is 13.1 Å². The molecule has 0 radical (unpaired) electrons. The number of aliphatic imine (C=N–C) groups is 1. The number of hydrogen-bond acceptors (Lipinski definition) is 3. The number of rotatable bonds is 7. The van der Waals surface area contributed by atoms with Crippen LogP contribution in [0, 0.1) is 20.8 Å². The van der Waals surface area contributed by atoms with Crippen LogP contribution in [-0.2, 0) is 19.5 Å². The molecule has 25 heavy (non-hydrogen) atoms.